The Morgan fingerprint density at radius 2 is 1.35 bits per heavy atom. The maximum Gasteiger partial charge on any atom is 0.124 e. The largest absolute Gasteiger partial charge is 0.307 e. The first-order valence-electron chi connectivity index (χ1n) is 17.0. The summed E-state index contributed by atoms with van der Waals surface area (Å²) < 4.78 is 3.56. The van der Waals surface area contributed by atoms with E-state index in [0.717, 1.165) is 60.9 Å². The van der Waals surface area contributed by atoms with Gasteiger partial charge in [0.1, 0.15) is 10.5 Å². The Balaban J connectivity index is 1.17. The van der Waals surface area contributed by atoms with Crippen molar-refractivity contribution in [3.05, 3.63) is 187 Å². The number of benzene rings is 7. The lowest BCUT2D eigenvalue weighted by Gasteiger charge is -2.10. The summed E-state index contributed by atoms with van der Waals surface area (Å²) in [6.07, 6.45) is 2.03. The van der Waals surface area contributed by atoms with Gasteiger partial charge in [-0.25, -0.2) is 4.98 Å². The van der Waals surface area contributed by atoms with E-state index in [4.69, 9.17) is 9.98 Å². The van der Waals surface area contributed by atoms with Crippen molar-refractivity contribution in [1.29, 1.82) is 0 Å². The molecule has 7 aromatic carbocycles. The lowest BCUT2D eigenvalue weighted by atomic mass is 10.0. The monoisotopic (exact) mass is 672 g/mol. The van der Waals surface area contributed by atoms with Crippen LogP contribution in [0.5, 0.6) is 0 Å². The summed E-state index contributed by atoms with van der Waals surface area (Å²) in [6, 6.07) is 57.3. The summed E-state index contributed by atoms with van der Waals surface area (Å²) in [4.78, 5) is 14.7. The van der Waals surface area contributed by atoms with E-state index in [-0.39, 0.29) is 0 Å². The fraction of sp³-hybridized carbons (Fsp3) is 0.0217. The Morgan fingerprint density at radius 3 is 2.10 bits per heavy atom. The van der Waals surface area contributed by atoms with Gasteiger partial charge in [-0.05, 0) is 59.0 Å². The molecule has 9 rings (SSSR count). The molecule has 0 spiro atoms. The van der Waals surface area contributed by atoms with Gasteiger partial charge in [0.2, 0.25) is 0 Å². The second kappa shape index (κ2) is 13.1. The summed E-state index contributed by atoms with van der Waals surface area (Å²) in [5.74, 6) is 0. The van der Waals surface area contributed by atoms with Gasteiger partial charge in [0.25, 0.3) is 0 Å². The summed E-state index contributed by atoms with van der Waals surface area (Å²) in [7, 11) is 0. The molecule has 2 aromatic heterocycles. The minimum atomic E-state index is 0.523. The molecule has 2 heterocycles. The number of hydrogen-bond acceptors (Lipinski definition) is 4. The molecule has 0 atom stereocenters. The van der Waals surface area contributed by atoms with Crippen molar-refractivity contribution in [3.8, 4) is 16.3 Å². The molecule has 242 valence electrons. The van der Waals surface area contributed by atoms with Crippen LogP contribution in [0.15, 0.2) is 180 Å². The first-order chi connectivity index (χ1) is 25.2. The predicted molar refractivity (Wildman–Crippen MR) is 218 cm³/mol. The first kappa shape index (κ1) is 30.6. The molecule has 0 aliphatic carbocycles. The smallest absolute Gasteiger partial charge is 0.124 e. The molecule has 0 aliphatic heterocycles. The van der Waals surface area contributed by atoms with Gasteiger partial charge in [0, 0.05) is 27.6 Å². The van der Waals surface area contributed by atoms with Gasteiger partial charge >= 0.3 is 0 Å². The van der Waals surface area contributed by atoms with Crippen molar-refractivity contribution >= 4 is 72.3 Å². The van der Waals surface area contributed by atoms with Crippen molar-refractivity contribution in [1.82, 2.24) is 9.55 Å². The van der Waals surface area contributed by atoms with Crippen LogP contribution in [-0.2, 0) is 6.54 Å². The Morgan fingerprint density at radius 1 is 0.667 bits per heavy atom. The van der Waals surface area contributed by atoms with Crippen molar-refractivity contribution < 1.29 is 0 Å². The first-order valence-corrected chi connectivity index (χ1v) is 17.8. The topological polar surface area (TPSA) is 42.5 Å². The number of hydrogen-bond donors (Lipinski definition) is 0. The second-order valence-electron chi connectivity index (χ2n) is 12.5. The zero-order chi connectivity index (χ0) is 34.1. The normalized spacial score (nSPS) is 12.3. The SMILES string of the molecule is C=N/C(=C\C(=NCc1ccc(-n2c3ccc4ccccc4c3c3ccc4sc(-c5ccccc5)nc4c32)cc1)c1ccccc1)c1ccccc1. The molecule has 4 nitrogen and oxygen atoms in total. The quantitative estimate of drug-likeness (QED) is 0.148. The molecule has 0 unspecified atom stereocenters. The molecular formula is C46H32N4S. The Labute approximate surface area is 300 Å². The van der Waals surface area contributed by atoms with E-state index in [9.17, 15) is 0 Å². The molecule has 5 heteroatoms. The minimum absolute atomic E-state index is 0.523. The third-order valence-electron chi connectivity index (χ3n) is 9.41. The fourth-order valence-corrected chi connectivity index (χ4v) is 7.92. The zero-order valence-corrected chi connectivity index (χ0v) is 28.6. The highest BCUT2D eigenvalue weighted by Gasteiger charge is 2.20. The fourth-order valence-electron chi connectivity index (χ4n) is 6.95. The van der Waals surface area contributed by atoms with Crippen LogP contribution in [0.3, 0.4) is 0 Å². The number of fused-ring (bicyclic) bond motifs is 7. The molecule has 0 fully saturated rings. The molecule has 0 saturated carbocycles. The number of aliphatic imine (C=N–C) groups is 2. The molecule has 9 aromatic rings. The zero-order valence-electron chi connectivity index (χ0n) is 27.8. The van der Waals surface area contributed by atoms with Crippen LogP contribution in [-0.4, -0.2) is 22.0 Å². The summed E-state index contributed by atoms with van der Waals surface area (Å²) in [5, 5.41) is 5.95. The summed E-state index contributed by atoms with van der Waals surface area (Å²) >= 11 is 1.74. The van der Waals surface area contributed by atoms with Crippen LogP contribution in [0, 0.1) is 0 Å². The van der Waals surface area contributed by atoms with Gasteiger partial charge < -0.3 is 4.57 Å². The second-order valence-corrected chi connectivity index (χ2v) is 13.5. The molecule has 0 saturated heterocycles. The maximum atomic E-state index is 5.28. The standard InChI is InChI=1S/C46H32N4S/c1-47-39(33-14-5-2-6-15-33)29-40(34-16-7-3-8-17-34)48-30-31-21-24-36(25-22-31)50-41-27-23-32-13-11-12-20-37(32)43(41)38-26-28-42-44(45(38)50)49-46(51-42)35-18-9-4-10-19-35/h2-29H,1,30H2/b39-29-,48-40?. The van der Waals surface area contributed by atoms with Gasteiger partial charge in [-0.1, -0.05) is 140 Å². The van der Waals surface area contributed by atoms with E-state index in [0.29, 0.717) is 6.54 Å². The van der Waals surface area contributed by atoms with Crippen LogP contribution in [0.2, 0.25) is 0 Å². The van der Waals surface area contributed by atoms with Crippen molar-refractivity contribution in [2.75, 3.05) is 0 Å². The molecule has 0 bridgehead atoms. The molecule has 0 radical (unpaired) electrons. The third kappa shape index (κ3) is 5.64. The van der Waals surface area contributed by atoms with Gasteiger partial charge in [-0.15, -0.1) is 11.3 Å². The van der Waals surface area contributed by atoms with Gasteiger partial charge in [0.05, 0.1) is 33.7 Å². The molecular weight excluding hydrogens is 641 g/mol. The molecule has 51 heavy (non-hydrogen) atoms. The summed E-state index contributed by atoms with van der Waals surface area (Å²) in [5.41, 5.74) is 10.3. The van der Waals surface area contributed by atoms with Crippen LogP contribution < -0.4 is 0 Å². The van der Waals surface area contributed by atoms with E-state index in [1.54, 1.807) is 11.3 Å². The van der Waals surface area contributed by atoms with Gasteiger partial charge in [0.15, 0.2) is 0 Å². The molecule has 0 amide bonds. The molecule has 0 aliphatic rings. The number of allylic oxidation sites excluding steroid dienone is 1. The lowest BCUT2D eigenvalue weighted by Crippen LogP contribution is -2.00. The van der Waals surface area contributed by atoms with Gasteiger partial charge in [-0.3, -0.25) is 9.98 Å². The Hall–Kier alpha value is -6.43. The van der Waals surface area contributed by atoms with E-state index < -0.39 is 0 Å². The Bertz CT molecular complexity index is 2760. The third-order valence-corrected chi connectivity index (χ3v) is 10.5. The number of aromatic nitrogens is 2. The number of rotatable bonds is 8. The van der Waals surface area contributed by atoms with Crippen molar-refractivity contribution in [2.45, 2.75) is 6.54 Å². The van der Waals surface area contributed by atoms with Crippen LogP contribution in [0.25, 0.3) is 64.8 Å². The van der Waals surface area contributed by atoms with E-state index in [1.165, 1.54) is 26.2 Å². The highest BCUT2D eigenvalue weighted by atomic mass is 32.1. The number of nitrogens with zero attached hydrogens (tertiary/aromatic N) is 4. The van der Waals surface area contributed by atoms with Crippen molar-refractivity contribution in [3.63, 3.8) is 0 Å². The van der Waals surface area contributed by atoms with Crippen LogP contribution in [0.4, 0.5) is 0 Å². The molecule has 0 N–H and O–H groups in total. The predicted octanol–water partition coefficient (Wildman–Crippen LogP) is 11.9. The highest BCUT2D eigenvalue weighted by molar-refractivity contribution is 7.21. The Kier molecular flexibility index (Phi) is 7.88. The van der Waals surface area contributed by atoms with E-state index in [1.807, 2.05) is 60.7 Å². The lowest BCUT2D eigenvalue weighted by molar-refractivity contribution is 1.06. The number of thiazole rings is 1. The van der Waals surface area contributed by atoms with Crippen LogP contribution in [0.1, 0.15) is 16.7 Å². The van der Waals surface area contributed by atoms with Crippen molar-refractivity contribution in [2.24, 2.45) is 9.98 Å². The van der Waals surface area contributed by atoms with Crippen LogP contribution >= 0.6 is 11.3 Å². The van der Waals surface area contributed by atoms with E-state index >= 15 is 0 Å². The van der Waals surface area contributed by atoms with Gasteiger partial charge in [-0.2, -0.15) is 0 Å². The average molecular weight is 673 g/mol. The highest BCUT2D eigenvalue weighted by Crippen LogP contribution is 2.42. The summed E-state index contributed by atoms with van der Waals surface area (Å²) in [6.45, 7) is 4.38. The average Bonchev–Trinajstić information content (AvgIpc) is 3.79. The van der Waals surface area contributed by atoms with E-state index in [2.05, 4.69) is 125 Å². The maximum absolute atomic E-state index is 5.28. The minimum Gasteiger partial charge on any atom is -0.307 e.